The van der Waals surface area contributed by atoms with E-state index < -0.39 is 23.4 Å². The van der Waals surface area contributed by atoms with Crippen LogP contribution in [0.1, 0.15) is 21.9 Å². The Balaban J connectivity index is 2.15. The number of halogens is 3. The SMILES string of the molecule is Cc1cc(CNc2ccc(F)c(F)c2F)oc1C(=O)O. The van der Waals surface area contributed by atoms with E-state index in [9.17, 15) is 18.0 Å². The third-order valence-electron chi connectivity index (χ3n) is 2.65. The molecule has 2 rings (SSSR count). The first-order chi connectivity index (χ1) is 9.40. The Kier molecular flexibility index (Phi) is 3.69. The van der Waals surface area contributed by atoms with Crippen molar-refractivity contribution in [1.29, 1.82) is 0 Å². The normalized spacial score (nSPS) is 10.6. The number of carboxylic acid groups (broad SMARTS) is 1. The Hall–Kier alpha value is -2.44. The van der Waals surface area contributed by atoms with Gasteiger partial charge in [0.2, 0.25) is 5.76 Å². The highest BCUT2D eigenvalue weighted by atomic mass is 19.2. The summed E-state index contributed by atoms with van der Waals surface area (Å²) in [6.07, 6.45) is 0. The Labute approximate surface area is 111 Å². The first-order valence-corrected chi connectivity index (χ1v) is 5.60. The largest absolute Gasteiger partial charge is 0.475 e. The van der Waals surface area contributed by atoms with Gasteiger partial charge in [0.1, 0.15) is 5.76 Å². The Bertz CT molecular complexity index is 667. The van der Waals surface area contributed by atoms with E-state index in [0.717, 1.165) is 12.1 Å². The minimum absolute atomic E-state index is 0.0594. The quantitative estimate of drug-likeness (QED) is 0.846. The van der Waals surface area contributed by atoms with Crippen LogP contribution in [0.3, 0.4) is 0 Å². The van der Waals surface area contributed by atoms with E-state index in [1.165, 1.54) is 6.07 Å². The number of nitrogens with one attached hydrogen (secondary N) is 1. The van der Waals surface area contributed by atoms with Gasteiger partial charge in [-0.1, -0.05) is 0 Å². The summed E-state index contributed by atoms with van der Waals surface area (Å²) in [6, 6.07) is 3.30. The molecule has 106 valence electrons. The molecule has 0 saturated carbocycles. The van der Waals surface area contributed by atoms with Crippen molar-refractivity contribution in [2.45, 2.75) is 13.5 Å². The van der Waals surface area contributed by atoms with Gasteiger partial charge in [-0.3, -0.25) is 0 Å². The molecule has 2 aromatic rings. The molecule has 0 amide bonds. The number of hydrogen-bond donors (Lipinski definition) is 2. The fourth-order valence-electron chi connectivity index (χ4n) is 1.69. The van der Waals surface area contributed by atoms with E-state index in [1.54, 1.807) is 6.92 Å². The van der Waals surface area contributed by atoms with E-state index in [2.05, 4.69) is 5.32 Å². The molecule has 0 unspecified atom stereocenters. The van der Waals surface area contributed by atoms with Crippen LogP contribution in [0.25, 0.3) is 0 Å². The molecule has 2 N–H and O–H groups in total. The Morgan fingerprint density at radius 2 is 2.00 bits per heavy atom. The number of anilines is 1. The summed E-state index contributed by atoms with van der Waals surface area (Å²) in [6.45, 7) is 1.49. The van der Waals surface area contributed by atoms with Gasteiger partial charge in [-0.2, -0.15) is 0 Å². The van der Waals surface area contributed by atoms with Gasteiger partial charge < -0.3 is 14.8 Å². The maximum absolute atomic E-state index is 13.4. The predicted octanol–water partition coefficient (Wildman–Crippen LogP) is 3.32. The molecule has 1 heterocycles. The molecule has 0 radical (unpaired) electrons. The van der Waals surface area contributed by atoms with Gasteiger partial charge >= 0.3 is 5.97 Å². The monoisotopic (exact) mass is 285 g/mol. The molecule has 1 aromatic carbocycles. The van der Waals surface area contributed by atoms with Gasteiger partial charge in [0.15, 0.2) is 17.5 Å². The van der Waals surface area contributed by atoms with Gasteiger partial charge in [-0.05, 0) is 25.1 Å². The fraction of sp³-hybridized carbons (Fsp3) is 0.154. The average molecular weight is 285 g/mol. The van der Waals surface area contributed by atoms with Crippen LogP contribution in [-0.4, -0.2) is 11.1 Å². The van der Waals surface area contributed by atoms with Gasteiger partial charge in [0, 0.05) is 5.56 Å². The fourth-order valence-corrected chi connectivity index (χ4v) is 1.69. The molecule has 0 saturated heterocycles. The Morgan fingerprint density at radius 3 is 2.60 bits per heavy atom. The maximum Gasteiger partial charge on any atom is 0.372 e. The molecule has 0 spiro atoms. The number of furan rings is 1. The number of carboxylic acids is 1. The van der Waals surface area contributed by atoms with Crippen LogP contribution in [-0.2, 0) is 6.54 Å². The maximum atomic E-state index is 13.4. The van der Waals surface area contributed by atoms with Crippen molar-refractivity contribution in [3.63, 3.8) is 0 Å². The van der Waals surface area contributed by atoms with Crippen LogP contribution in [0.4, 0.5) is 18.9 Å². The van der Waals surface area contributed by atoms with Crippen molar-refractivity contribution < 1.29 is 27.5 Å². The zero-order valence-electron chi connectivity index (χ0n) is 10.3. The second-order valence-electron chi connectivity index (χ2n) is 4.11. The molecule has 0 bridgehead atoms. The topological polar surface area (TPSA) is 62.5 Å². The van der Waals surface area contributed by atoms with Crippen molar-refractivity contribution in [1.82, 2.24) is 0 Å². The minimum atomic E-state index is -1.57. The van der Waals surface area contributed by atoms with E-state index >= 15 is 0 Å². The molecule has 0 fully saturated rings. The third-order valence-corrected chi connectivity index (χ3v) is 2.65. The molecule has 7 heteroatoms. The zero-order valence-corrected chi connectivity index (χ0v) is 10.3. The third kappa shape index (κ3) is 2.61. The molecule has 4 nitrogen and oxygen atoms in total. The zero-order chi connectivity index (χ0) is 14.9. The highest BCUT2D eigenvalue weighted by Gasteiger charge is 2.16. The lowest BCUT2D eigenvalue weighted by atomic mass is 10.2. The molecule has 0 aliphatic rings. The van der Waals surface area contributed by atoms with Crippen LogP contribution in [0.5, 0.6) is 0 Å². The molecule has 0 atom stereocenters. The summed E-state index contributed by atoms with van der Waals surface area (Å²) >= 11 is 0. The standard InChI is InChI=1S/C13H10F3NO3/c1-6-4-7(20-12(6)13(18)19)5-17-9-3-2-8(14)10(15)11(9)16/h2-4,17H,5H2,1H3,(H,18,19). The molecule has 20 heavy (non-hydrogen) atoms. The molecule has 0 aliphatic heterocycles. The van der Waals surface area contributed by atoms with E-state index in [-0.39, 0.29) is 23.8 Å². The van der Waals surface area contributed by atoms with Crippen molar-refractivity contribution >= 4 is 11.7 Å². The average Bonchev–Trinajstić information content (AvgIpc) is 2.77. The molecule has 1 aromatic heterocycles. The smallest absolute Gasteiger partial charge is 0.372 e. The highest BCUT2D eigenvalue weighted by molar-refractivity contribution is 5.86. The Morgan fingerprint density at radius 1 is 1.30 bits per heavy atom. The van der Waals surface area contributed by atoms with Gasteiger partial charge in [0.25, 0.3) is 0 Å². The van der Waals surface area contributed by atoms with Crippen LogP contribution < -0.4 is 5.32 Å². The highest BCUT2D eigenvalue weighted by Crippen LogP contribution is 2.21. The van der Waals surface area contributed by atoms with Gasteiger partial charge in [-0.15, -0.1) is 0 Å². The van der Waals surface area contributed by atoms with Crippen molar-refractivity contribution in [2.24, 2.45) is 0 Å². The van der Waals surface area contributed by atoms with Crippen molar-refractivity contribution in [2.75, 3.05) is 5.32 Å². The van der Waals surface area contributed by atoms with Crippen LogP contribution in [0.2, 0.25) is 0 Å². The van der Waals surface area contributed by atoms with Crippen LogP contribution >= 0.6 is 0 Å². The first kappa shape index (κ1) is 14.0. The van der Waals surface area contributed by atoms with Crippen LogP contribution in [0, 0.1) is 24.4 Å². The molecular formula is C13H10F3NO3. The summed E-state index contributed by atoms with van der Waals surface area (Å²) in [4.78, 5) is 10.8. The lowest BCUT2D eigenvalue weighted by Gasteiger charge is -2.06. The summed E-state index contributed by atoms with van der Waals surface area (Å²) in [7, 11) is 0. The summed E-state index contributed by atoms with van der Waals surface area (Å²) in [5.41, 5.74) is 0.176. The number of hydrogen-bond acceptors (Lipinski definition) is 3. The van der Waals surface area contributed by atoms with E-state index in [1.807, 2.05) is 0 Å². The predicted molar refractivity (Wildman–Crippen MR) is 64.0 cm³/mol. The number of carbonyl (C=O) groups is 1. The number of benzene rings is 1. The van der Waals surface area contributed by atoms with Crippen LogP contribution in [0.15, 0.2) is 22.6 Å². The summed E-state index contributed by atoms with van der Waals surface area (Å²) < 4.78 is 44.2. The summed E-state index contributed by atoms with van der Waals surface area (Å²) in [5.74, 6) is -5.39. The van der Waals surface area contributed by atoms with E-state index in [4.69, 9.17) is 9.52 Å². The summed E-state index contributed by atoms with van der Waals surface area (Å²) in [5, 5.41) is 11.3. The van der Waals surface area contributed by atoms with Gasteiger partial charge in [0.05, 0.1) is 12.2 Å². The molecule has 0 aliphatic carbocycles. The van der Waals surface area contributed by atoms with Crippen molar-refractivity contribution in [3.8, 4) is 0 Å². The second-order valence-corrected chi connectivity index (χ2v) is 4.11. The lowest BCUT2D eigenvalue weighted by Crippen LogP contribution is -2.03. The number of aryl methyl sites for hydroxylation is 1. The van der Waals surface area contributed by atoms with Gasteiger partial charge in [-0.25, -0.2) is 18.0 Å². The number of rotatable bonds is 4. The number of aromatic carboxylic acids is 1. The lowest BCUT2D eigenvalue weighted by molar-refractivity contribution is 0.0659. The second kappa shape index (κ2) is 5.28. The first-order valence-electron chi connectivity index (χ1n) is 5.60. The van der Waals surface area contributed by atoms with Crippen molar-refractivity contribution in [3.05, 3.63) is 52.7 Å². The van der Waals surface area contributed by atoms with E-state index in [0.29, 0.717) is 5.56 Å². The molecular weight excluding hydrogens is 275 g/mol. The minimum Gasteiger partial charge on any atom is -0.475 e.